The standard InChI is InChI=1S/C15H16N6O.ClH/c1-2-5-11(6-3-1)13-18-15(22-20-13)14-17-10-21(19-14)12-7-4-8-16-9-12;/h1-3,5-6,10,12,16H,4,7-9H2;1H. The lowest BCUT2D eigenvalue weighted by Gasteiger charge is -2.22. The van der Waals surface area contributed by atoms with E-state index >= 15 is 0 Å². The number of halogens is 1. The molecule has 3 heterocycles. The van der Waals surface area contributed by atoms with E-state index in [0.717, 1.165) is 31.5 Å². The minimum Gasteiger partial charge on any atom is -0.330 e. The van der Waals surface area contributed by atoms with Crippen molar-refractivity contribution in [1.29, 1.82) is 0 Å². The third-order valence-electron chi connectivity index (χ3n) is 3.80. The molecule has 1 atom stereocenters. The molecule has 0 amide bonds. The first kappa shape index (κ1) is 15.6. The van der Waals surface area contributed by atoms with Gasteiger partial charge in [0, 0.05) is 12.1 Å². The summed E-state index contributed by atoms with van der Waals surface area (Å²) < 4.78 is 7.17. The zero-order chi connectivity index (χ0) is 14.8. The summed E-state index contributed by atoms with van der Waals surface area (Å²) in [5.41, 5.74) is 0.911. The molecule has 0 saturated carbocycles. The summed E-state index contributed by atoms with van der Waals surface area (Å²) in [6.45, 7) is 1.99. The highest BCUT2D eigenvalue weighted by molar-refractivity contribution is 5.85. The molecule has 4 rings (SSSR count). The van der Waals surface area contributed by atoms with Crippen LogP contribution in [0, 0.1) is 0 Å². The molecule has 1 unspecified atom stereocenters. The SMILES string of the molecule is Cl.c1ccc(-c2noc(-c3ncn(C4CCCNC4)n3)n2)cc1. The number of nitrogens with zero attached hydrogens (tertiary/aromatic N) is 5. The second-order valence-corrected chi connectivity index (χ2v) is 5.34. The number of hydrogen-bond donors (Lipinski definition) is 1. The van der Waals surface area contributed by atoms with E-state index < -0.39 is 0 Å². The Morgan fingerprint density at radius 1 is 1.17 bits per heavy atom. The fourth-order valence-electron chi connectivity index (χ4n) is 2.63. The van der Waals surface area contributed by atoms with E-state index in [2.05, 4.69) is 25.5 Å². The second-order valence-electron chi connectivity index (χ2n) is 5.34. The fourth-order valence-corrected chi connectivity index (χ4v) is 2.63. The maximum atomic E-state index is 5.29. The molecule has 1 aliphatic heterocycles. The van der Waals surface area contributed by atoms with Crippen LogP contribution in [0.15, 0.2) is 41.2 Å². The molecule has 23 heavy (non-hydrogen) atoms. The van der Waals surface area contributed by atoms with Crippen molar-refractivity contribution >= 4 is 12.4 Å². The van der Waals surface area contributed by atoms with Gasteiger partial charge in [0.05, 0.1) is 6.04 Å². The van der Waals surface area contributed by atoms with Crippen LogP contribution in [0.1, 0.15) is 18.9 Å². The molecule has 0 aliphatic carbocycles. The normalized spacial score (nSPS) is 17.7. The van der Waals surface area contributed by atoms with Crippen LogP contribution in [-0.4, -0.2) is 38.0 Å². The van der Waals surface area contributed by atoms with Crippen LogP contribution in [-0.2, 0) is 0 Å². The van der Waals surface area contributed by atoms with Crippen molar-refractivity contribution in [3.8, 4) is 23.1 Å². The lowest BCUT2D eigenvalue weighted by atomic mass is 10.1. The van der Waals surface area contributed by atoms with E-state index in [1.54, 1.807) is 6.33 Å². The van der Waals surface area contributed by atoms with E-state index in [1.165, 1.54) is 0 Å². The van der Waals surface area contributed by atoms with Gasteiger partial charge in [0.25, 0.3) is 5.89 Å². The summed E-state index contributed by atoms with van der Waals surface area (Å²) in [5.74, 6) is 1.37. The van der Waals surface area contributed by atoms with Crippen molar-refractivity contribution in [3.63, 3.8) is 0 Å². The van der Waals surface area contributed by atoms with E-state index in [4.69, 9.17) is 4.52 Å². The highest BCUT2D eigenvalue weighted by atomic mass is 35.5. The predicted molar refractivity (Wildman–Crippen MR) is 87.1 cm³/mol. The molecular formula is C15H17ClN6O. The molecule has 1 fully saturated rings. The predicted octanol–water partition coefficient (Wildman–Crippen LogP) is 2.34. The number of benzene rings is 1. The smallest absolute Gasteiger partial charge is 0.297 e. The van der Waals surface area contributed by atoms with Gasteiger partial charge in [-0.15, -0.1) is 17.5 Å². The first-order chi connectivity index (χ1) is 10.9. The van der Waals surface area contributed by atoms with E-state index in [1.807, 2.05) is 35.0 Å². The fraction of sp³-hybridized carbons (Fsp3) is 0.333. The van der Waals surface area contributed by atoms with Gasteiger partial charge in [-0.2, -0.15) is 4.98 Å². The third-order valence-corrected chi connectivity index (χ3v) is 3.80. The Hall–Kier alpha value is -2.25. The Labute approximate surface area is 139 Å². The van der Waals surface area contributed by atoms with Crippen LogP contribution in [0.4, 0.5) is 0 Å². The highest BCUT2D eigenvalue weighted by Gasteiger charge is 2.19. The minimum absolute atomic E-state index is 0. The Morgan fingerprint density at radius 3 is 2.83 bits per heavy atom. The molecule has 0 radical (unpaired) electrons. The molecule has 0 spiro atoms. The van der Waals surface area contributed by atoms with Gasteiger partial charge in [0.2, 0.25) is 11.6 Å². The Morgan fingerprint density at radius 2 is 2.04 bits per heavy atom. The number of rotatable bonds is 3. The van der Waals surface area contributed by atoms with Gasteiger partial charge >= 0.3 is 0 Å². The molecule has 2 aromatic heterocycles. The largest absolute Gasteiger partial charge is 0.330 e. The van der Waals surface area contributed by atoms with E-state index in [9.17, 15) is 0 Å². The average molecular weight is 333 g/mol. The first-order valence-corrected chi connectivity index (χ1v) is 7.41. The minimum atomic E-state index is 0. The van der Waals surface area contributed by atoms with Gasteiger partial charge in [0.15, 0.2) is 0 Å². The zero-order valence-electron chi connectivity index (χ0n) is 12.4. The van der Waals surface area contributed by atoms with Crippen molar-refractivity contribution in [2.75, 3.05) is 13.1 Å². The molecule has 8 heteroatoms. The van der Waals surface area contributed by atoms with Crippen LogP contribution >= 0.6 is 12.4 Å². The maximum Gasteiger partial charge on any atom is 0.297 e. The molecule has 1 aliphatic rings. The van der Waals surface area contributed by atoms with Crippen molar-refractivity contribution < 1.29 is 4.52 Å². The van der Waals surface area contributed by atoms with Gasteiger partial charge < -0.3 is 9.84 Å². The summed E-state index contributed by atoms with van der Waals surface area (Å²) >= 11 is 0. The third kappa shape index (κ3) is 3.25. The van der Waals surface area contributed by atoms with Gasteiger partial charge in [-0.1, -0.05) is 35.5 Å². The van der Waals surface area contributed by atoms with Crippen LogP contribution in [0.5, 0.6) is 0 Å². The van der Waals surface area contributed by atoms with E-state index in [0.29, 0.717) is 23.6 Å². The average Bonchev–Trinajstić information content (AvgIpc) is 3.26. The van der Waals surface area contributed by atoms with Crippen molar-refractivity contribution in [3.05, 3.63) is 36.7 Å². The number of piperidine rings is 1. The van der Waals surface area contributed by atoms with Crippen LogP contribution in [0.25, 0.3) is 23.1 Å². The first-order valence-electron chi connectivity index (χ1n) is 7.41. The lowest BCUT2D eigenvalue weighted by molar-refractivity contribution is 0.345. The Bertz CT molecular complexity index is 750. The molecule has 3 aromatic rings. The summed E-state index contributed by atoms with van der Waals surface area (Å²) in [6.07, 6.45) is 3.99. The second kappa shape index (κ2) is 6.89. The number of hydrogen-bond acceptors (Lipinski definition) is 6. The summed E-state index contributed by atoms with van der Waals surface area (Å²) in [4.78, 5) is 8.67. The van der Waals surface area contributed by atoms with Crippen LogP contribution in [0.2, 0.25) is 0 Å². The molecule has 7 nitrogen and oxygen atoms in total. The molecular weight excluding hydrogens is 316 g/mol. The Balaban J connectivity index is 0.00000156. The van der Waals surface area contributed by atoms with Crippen molar-refractivity contribution in [1.82, 2.24) is 30.2 Å². The maximum absolute atomic E-state index is 5.29. The topological polar surface area (TPSA) is 81.7 Å². The monoisotopic (exact) mass is 332 g/mol. The molecule has 0 bridgehead atoms. The summed E-state index contributed by atoms with van der Waals surface area (Å²) in [6, 6.07) is 10.0. The van der Waals surface area contributed by atoms with Gasteiger partial charge in [-0.05, 0) is 19.4 Å². The summed E-state index contributed by atoms with van der Waals surface area (Å²) in [5, 5.41) is 11.8. The quantitative estimate of drug-likeness (QED) is 0.792. The highest BCUT2D eigenvalue weighted by Crippen LogP contribution is 2.21. The van der Waals surface area contributed by atoms with Crippen molar-refractivity contribution in [2.24, 2.45) is 0 Å². The lowest BCUT2D eigenvalue weighted by Crippen LogP contribution is -2.31. The van der Waals surface area contributed by atoms with Gasteiger partial charge in [0.1, 0.15) is 6.33 Å². The summed E-state index contributed by atoms with van der Waals surface area (Å²) in [7, 11) is 0. The van der Waals surface area contributed by atoms with Crippen LogP contribution < -0.4 is 5.32 Å². The zero-order valence-corrected chi connectivity index (χ0v) is 13.2. The van der Waals surface area contributed by atoms with Gasteiger partial charge in [-0.3, -0.25) is 0 Å². The van der Waals surface area contributed by atoms with Crippen LogP contribution in [0.3, 0.4) is 0 Å². The molecule has 1 aromatic carbocycles. The molecule has 1 saturated heterocycles. The van der Waals surface area contributed by atoms with Gasteiger partial charge in [-0.25, -0.2) is 9.67 Å². The number of nitrogens with one attached hydrogen (secondary N) is 1. The Kier molecular flexibility index (Phi) is 4.68. The van der Waals surface area contributed by atoms with Crippen molar-refractivity contribution in [2.45, 2.75) is 18.9 Å². The molecule has 1 N–H and O–H groups in total. The number of aromatic nitrogens is 5. The molecule has 120 valence electrons. The van der Waals surface area contributed by atoms with E-state index in [-0.39, 0.29) is 12.4 Å².